The van der Waals surface area contributed by atoms with Crippen LogP contribution in [0.3, 0.4) is 0 Å². The van der Waals surface area contributed by atoms with E-state index < -0.39 is 16.6 Å². The molecule has 0 spiro atoms. The monoisotopic (exact) mass is 331 g/mol. The van der Waals surface area contributed by atoms with Gasteiger partial charge in [0.05, 0.1) is 0 Å². The van der Waals surface area contributed by atoms with Gasteiger partial charge in [0, 0.05) is 0 Å². The van der Waals surface area contributed by atoms with Crippen molar-refractivity contribution in [1.82, 2.24) is 4.98 Å². The van der Waals surface area contributed by atoms with Crippen LogP contribution in [0.5, 0.6) is 0 Å². The van der Waals surface area contributed by atoms with Gasteiger partial charge in [0.25, 0.3) is 0 Å². The first kappa shape index (κ1) is 16.6. The van der Waals surface area contributed by atoms with Crippen molar-refractivity contribution < 1.29 is 16.6 Å². The summed E-state index contributed by atoms with van der Waals surface area (Å²) in [5.41, 5.74) is 1.27. The van der Waals surface area contributed by atoms with Crippen molar-refractivity contribution in [3.63, 3.8) is 0 Å². The Morgan fingerprint density at radius 1 is 1.11 bits per heavy atom. The number of allylic oxidation sites excluding steroid dienone is 4. The van der Waals surface area contributed by atoms with Crippen molar-refractivity contribution in [2.45, 2.75) is 16.9 Å². The molecule has 0 radical (unpaired) electrons. The van der Waals surface area contributed by atoms with E-state index >= 15 is 0 Å². The standard InChI is InChI=1S/C8H6N.C5H5.2CH3.2ClH.Ti/c1-2-4-8-7(3-1)5-6-9-8;1-2-4-5-3-1;;;;;/h1-5,9H;1-3H,4H2;2*1H3;2*1H;. The molecule has 0 unspecified atom stereocenters. The summed E-state index contributed by atoms with van der Waals surface area (Å²) >= 11 is -2.04. The number of para-hydroxylation sites is 1. The Morgan fingerprint density at radius 3 is 2.47 bits per heavy atom. The van der Waals surface area contributed by atoms with Crippen LogP contribution < -0.4 is 4.00 Å². The topological polar surface area (TPSA) is 15.8 Å². The molecular formula is C15H19Cl2NTi. The number of H-pyrrole nitrogens is 1. The van der Waals surface area contributed by atoms with E-state index in [1.165, 1.54) is 14.9 Å². The second-order valence-corrected chi connectivity index (χ2v) is 12.1. The maximum absolute atomic E-state index is 3.63. The third kappa shape index (κ3) is 3.00. The van der Waals surface area contributed by atoms with E-state index in [4.69, 9.17) is 0 Å². The average Bonchev–Trinajstić information content (AvgIpc) is 2.98. The summed E-state index contributed by atoms with van der Waals surface area (Å²) in [6, 6.07) is 10.9. The van der Waals surface area contributed by atoms with Crippen LogP contribution in [0.1, 0.15) is 6.42 Å². The quantitative estimate of drug-likeness (QED) is 0.765. The molecule has 0 bridgehead atoms. The van der Waals surface area contributed by atoms with E-state index in [2.05, 4.69) is 64.0 Å². The number of hydrogen-bond acceptors (Lipinski definition) is 0. The molecule has 0 saturated carbocycles. The molecule has 1 nitrogen and oxygen atoms in total. The predicted molar refractivity (Wildman–Crippen MR) is 86.0 cm³/mol. The summed E-state index contributed by atoms with van der Waals surface area (Å²) in [6.07, 6.45) is 7.95. The molecule has 0 amide bonds. The third-order valence-corrected chi connectivity index (χ3v) is 9.39. The van der Waals surface area contributed by atoms with Gasteiger partial charge in [-0.25, -0.2) is 0 Å². The molecule has 102 valence electrons. The van der Waals surface area contributed by atoms with Gasteiger partial charge in [-0.2, -0.15) is 0 Å². The van der Waals surface area contributed by atoms with Crippen LogP contribution in [0.25, 0.3) is 10.9 Å². The third-order valence-electron chi connectivity index (χ3n) is 3.78. The van der Waals surface area contributed by atoms with Crippen molar-refractivity contribution in [2.75, 3.05) is 0 Å². The molecule has 1 aliphatic rings. The van der Waals surface area contributed by atoms with Crippen LogP contribution >= 0.6 is 24.8 Å². The Labute approximate surface area is 130 Å². The van der Waals surface area contributed by atoms with Crippen molar-refractivity contribution in [3.05, 3.63) is 52.4 Å². The fourth-order valence-corrected chi connectivity index (χ4v) is 6.32. The Morgan fingerprint density at radius 2 is 1.84 bits per heavy atom. The normalized spacial score (nSPS) is 13.9. The van der Waals surface area contributed by atoms with E-state index in [9.17, 15) is 0 Å². The molecule has 0 saturated heterocycles. The van der Waals surface area contributed by atoms with Gasteiger partial charge in [-0.3, -0.25) is 0 Å². The summed E-state index contributed by atoms with van der Waals surface area (Å²) in [7, 11) is 0. The summed E-state index contributed by atoms with van der Waals surface area (Å²) < 4.78 is 3.15. The molecule has 2 aromatic rings. The maximum atomic E-state index is 3.63. The molecule has 4 heteroatoms. The summed E-state index contributed by atoms with van der Waals surface area (Å²) in [5.74, 6) is 0. The number of aromatic amines is 1. The second kappa shape index (κ2) is 6.32. The van der Waals surface area contributed by atoms with Crippen LogP contribution in [-0.2, 0) is 16.6 Å². The molecule has 3 rings (SSSR count). The van der Waals surface area contributed by atoms with Crippen LogP contribution in [0, 0.1) is 0 Å². The molecule has 1 aromatic carbocycles. The average molecular weight is 332 g/mol. The zero-order valence-electron chi connectivity index (χ0n) is 11.1. The number of nitrogens with one attached hydrogen (secondary N) is 1. The molecule has 0 aliphatic heterocycles. The van der Waals surface area contributed by atoms with Gasteiger partial charge >= 0.3 is 106 Å². The van der Waals surface area contributed by atoms with Crippen LogP contribution in [0.15, 0.2) is 52.4 Å². The van der Waals surface area contributed by atoms with Crippen molar-refractivity contribution in [2.24, 2.45) is 0 Å². The number of aromatic nitrogens is 1. The van der Waals surface area contributed by atoms with Crippen molar-refractivity contribution in [3.8, 4) is 0 Å². The number of halogens is 2. The van der Waals surface area contributed by atoms with Gasteiger partial charge in [0.15, 0.2) is 0 Å². The van der Waals surface area contributed by atoms with Gasteiger partial charge in [-0.05, 0) is 0 Å². The van der Waals surface area contributed by atoms with Gasteiger partial charge in [0.1, 0.15) is 0 Å². The number of rotatable bonds is 2. The van der Waals surface area contributed by atoms with Gasteiger partial charge in [0.2, 0.25) is 0 Å². The number of fused-ring (bicyclic) bond motifs is 1. The zero-order valence-corrected chi connectivity index (χ0v) is 14.3. The van der Waals surface area contributed by atoms with E-state index in [0.717, 1.165) is 6.42 Å². The van der Waals surface area contributed by atoms with Gasteiger partial charge < -0.3 is 0 Å². The Bertz CT molecular complexity index is 593. The molecule has 1 aromatic heterocycles. The van der Waals surface area contributed by atoms with Crippen LogP contribution in [0.2, 0.25) is 10.5 Å². The number of hydrogen-bond donors (Lipinski definition) is 1. The first-order valence-corrected chi connectivity index (χ1v) is 10.8. The molecule has 1 heterocycles. The van der Waals surface area contributed by atoms with E-state index in [1.807, 2.05) is 0 Å². The molecule has 0 fully saturated rings. The van der Waals surface area contributed by atoms with Crippen molar-refractivity contribution in [1.29, 1.82) is 0 Å². The molecule has 1 N–H and O–H groups in total. The number of benzene rings is 1. The van der Waals surface area contributed by atoms with Crippen LogP contribution in [0.4, 0.5) is 0 Å². The second-order valence-electron chi connectivity index (χ2n) is 5.22. The predicted octanol–water partition coefficient (Wildman–Crippen LogP) is 4.73. The Balaban J connectivity index is 0.000000902. The summed E-state index contributed by atoms with van der Waals surface area (Å²) in [4.78, 5) is 3.63. The fraction of sp³-hybridized carbons (Fsp3) is 0.200. The molecule has 19 heavy (non-hydrogen) atoms. The fourth-order valence-electron chi connectivity index (χ4n) is 2.49. The first-order chi connectivity index (χ1) is 8.18. The van der Waals surface area contributed by atoms with Gasteiger partial charge in [-0.1, -0.05) is 0 Å². The molecule has 0 atom stereocenters. The van der Waals surface area contributed by atoms with Crippen LogP contribution in [-0.4, -0.2) is 4.98 Å². The summed E-state index contributed by atoms with van der Waals surface area (Å²) in [5, 5.41) is 6.29. The minimum atomic E-state index is -2.04. The Hall–Kier alpha value is -0.466. The van der Waals surface area contributed by atoms with Gasteiger partial charge in [-0.15, -0.1) is 24.8 Å². The van der Waals surface area contributed by atoms with E-state index in [-0.39, 0.29) is 24.8 Å². The van der Waals surface area contributed by atoms with Crippen molar-refractivity contribution >= 4 is 39.7 Å². The molecular weight excluding hydrogens is 313 g/mol. The minimum absolute atomic E-state index is 0. The summed E-state index contributed by atoms with van der Waals surface area (Å²) in [6.45, 7) is 0. The zero-order chi connectivity index (χ0) is 11.9. The molecule has 1 aliphatic carbocycles. The first-order valence-electron chi connectivity index (χ1n) is 6.12. The van der Waals surface area contributed by atoms with E-state index in [1.54, 1.807) is 3.88 Å². The SMILES string of the molecule is Cl.Cl.[CH3][Ti]([CH3])([C]1=CC=CC1)[c]1cc2ccccc2[nH]1. The van der Waals surface area contributed by atoms with E-state index in [0.29, 0.717) is 0 Å². The Kier molecular flexibility index (Phi) is 5.52.